The van der Waals surface area contributed by atoms with E-state index in [0.717, 1.165) is 56.4 Å². The standard InChI is InChI=1S/C19H29NO3/c1-3-5-11-16(15-10-6-7-13-18(15)23-4-2)20-14-9-8-12-17(20)19(21)22/h6-7,10,13,16-17H,3-5,8-9,11-12,14H2,1-2H3,(H,21,22). The lowest BCUT2D eigenvalue weighted by atomic mass is 9.92. The highest BCUT2D eigenvalue weighted by Crippen LogP contribution is 2.37. The Morgan fingerprint density at radius 1 is 1.35 bits per heavy atom. The molecule has 0 spiro atoms. The molecular formula is C19H29NO3. The third kappa shape index (κ3) is 4.47. The van der Waals surface area contributed by atoms with Crippen molar-refractivity contribution in [1.82, 2.24) is 4.90 Å². The Balaban J connectivity index is 2.33. The Labute approximate surface area is 139 Å². The van der Waals surface area contributed by atoms with Crippen LogP contribution < -0.4 is 4.74 Å². The van der Waals surface area contributed by atoms with E-state index in [1.807, 2.05) is 25.1 Å². The molecule has 0 radical (unpaired) electrons. The molecule has 0 aromatic heterocycles. The van der Waals surface area contributed by atoms with Crippen LogP contribution in [0.4, 0.5) is 0 Å². The van der Waals surface area contributed by atoms with Crippen LogP contribution in [-0.4, -0.2) is 35.2 Å². The van der Waals surface area contributed by atoms with E-state index in [9.17, 15) is 9.90 Å². The first-order chi connectivity index (χ1) is 11.2. The number of hydrogen-bond donors (Lipinski definition) is 1. The lowest BCUT2D eigenvalue weighted by Crippen LogP contribution is -2.46. The second-order valence-electron chi connectivity index (χ2n) is 6.22. The van der Waals surface area contributed by atoms with Crippen LogP contribution in [0.25, 0.3) is 0 Å². The van der Waals surface area contributed by atoms with Gasteiger partial charge in [0.2, 0.25) is 0 Å². The Kier molecular flexibility index (Phi) is 6.90. The predicted octanol–water partition coefficient (Wildman–Crippen LogP) is 4.26. The molecule has 1 aliphatic rings. The smallest absolute Gasteiger partial charge is 0.320 e. The van der Waals surface area contributed by atoms with Crippen molar-refractivity contribution < 1.29 is 14.6 Å². The molecule has 1 N–H and O–H groups in total. The third-order valence-corrected chi connectivity index (χ3v) is 4.64. The topological polar surface area (TPSA) is 49.8 Å². The molecule has 1 aliphatic heterocycles. The molecule has 0 bridgehead atoms. The number of carbonyl (C=O) groups is 1. The molecule has 0 aliphatic carbocycles. The maximum atomic E-state index is 11.7. The zero-order valence-corrected chi connectivity index (χ0v) is 14.3. The van der Waals surface area contributed by atoms with Gasteiger partial charge in [-0.15, -0.1) is 0 Å². The summed E-state index contributed by atoms with van der Waals surface area (Å²) >= 11 is 0. The summed E-state index contributed by atoms with van der Waals surface area (Å²) in [5.74, 6) is 0.200. The summed E-state index contributed by atoms with van der Waals surface area (Å²) in [6, 6.07) is 7.85. The predicted molar refractivity (Wildman–Crippen MR) is 91.9 cm³/mol. The molecule has 2 atom stereocenters. The monoisotopic (exact) mass is 319 g/mol. The number of para-hydroxylation sites is 1. The van der Waals surface area contributed by atoms with Gasteiger partial charge in [-0.05, 0) is 38.8 Å². The first-order valence-electron chi connectivity index (χ1n) is 8.89. The minimum absolute atomic E-state index is 0.124. The summed E-state index contributed by atoms with van der Waals surface area (Å²) in [5.41, 5.74) is 1.14. The van der Waals surface area contributed by atoms with E-state index < -0.39 is 5.97 Å². The van der Waals surface area contributed by atoms with Gasteiger partial charge in [-0.3, -0.25) is 9.69 Å². The summed E-state index contributed by atoms with van der Waals surface area (Å²) in [7, 11) is 0. The first kappa shape index (κ1) is 17.8. The highest BCUT2D eigenvalue weighted by atomic mass is 16.5. The zero-order valence-electron chi connectivity index (χ0n) is 14.3. The Morgan fingerprint density at radius 3 is 2.83 bits per heavy atom. The largest absolute Gasteiger partial charge is 0.494 e. The van der Waals surface area contributed by atoms with Crippen LogP contribution in [0.5, 0.6) is 5.75 Å². The number of likely N-dealkylation sites (tertiary alicyclic amines) is 1. The lowest BCUT2D eigenvalue weighted by molar-refractivity contribution is -0.146. The molecule has 1 aromatic carbocycles. The first-order valence-corrected chi connectivity index (χ1v) is 8.89. The van der Waals surface area contributed by atoms with Crippen molar-refractivity contribution in [3.63, 3.8) is 0 Å². The van der Waals surface area contributed by atoms with Crippen molar-refractivity contribution in [2.24, 2.45) is 0 Å². The quantitative estimate of drug-likeness (QED) is 0.778. The van der Waals surface area contributed by atoms with Gasteiger partial charge in [0.1, 0.15) is 11.8 Å². The molecule has 128 valence electrons. The Bertz CT molecular complexity index is 503. The number of carboxylic acid groups (broad SMARTS) is 1. The van der Waals surface area contributed by atoms with Crippen LogP contribution in [0.15, 0.2) is 24.3 Å². The number of nitrogens with zero attached hydrogens (tertiary/aromatic N) is 1. The number of benzene rings is 1. The Morgan fingerprint density at radius 2 is 2.13 bits per heavy atom. The normalized spacial score (nSPS) is 20.2. The van der Waals surface area contributed by atoms with Gasteiger partial charge in [0.15, 0.2) is 0 Å². The fourth-order valence-electron chi connectivity index (χ4n) is 3.53. The molecule has 2 unspecified atom stereocenters. The molecule has 4 nitrogen and oxygen atoms in total. The summed E-state index contributed by atoms with van der Waals surface area (Å²) in [4.78, 5) is 13.9. The summed E-state index contributed by atoms with van der Waals surface area (Å²) in [5, 5.41) is 9.63. The minimum Gasteiger partial charge on any atom is -0.494 e. The van der Waals surface area contributed by atoms with Crippen LogP contribution in [0.3, 0.4) is 0 Å². The van der Waals surface area contributed by atoms with Crippen molar-refractivity contribution in [2.75, 3.05) is 13.2 Å². The molecule has 2 rings (SSSR count). The number of rotatable bonds is 8. The third-order valence-electron chi connectivity index (χ3n) is 4.64. The van der Waals surface area contributed by atoms with Gasteiger partial charge in [-0.2, -0.15) is 0 Å². The van der Waals surface area contributed by atoms with Crippen molar-refractivity contribution in [3.05, 3.63) is 29.8 Å². The second-order valence-corrected chi connectivity index (χ2v) is 6.22. The van der Waals surface area contributed by atoms with Crippen LogP contribution in [0.1, 0.15) is 64.0 Å². The summed E-state index contributed by atoms with van der Waals surface area (Å²) < 4.78 is 5.81. The molecule has 0 saturated carbocycles. The van der Waals surface area contributed by atoms with Crippen LogP contribution in [0.2, 0.25) is 0 Å². The highest BCUT2D eigenvalue weighted by molar-refractivity contribution is 5.73. The molecule has 1 heterocycles. The number of hydrogen-bond acceptors (Lipinski definition) is 3. The van der Waals surface area contributed by atoms with Gasteiger partial charge in [0.25, 0.3) is 0 Å². The van der Waals surface area contributed by atoms with Gasteiger partial charge in [0.05, 0.1) is 6.61 Å². The molecule has 23 heavy (non-hydrogen) atoms. The van der Waals surface area contributed by atoms with Crippen molar-refractivity contribution in [3.8, 4) is 5.75 Å². The van der Waals surface area contributed by atoms with E-state index in [0.29, 0.717) is 6.61 Å². The molecule has 1 fully saturated rings. The van der Waals surface area contributed by atoms with Crippen LogP contribution >= 0.6 is 0 Å². The summed E-state index contributed by atoms with van der Waals surface area (Å²) in [6.45, 7) is 5.64. The highest BCUT2D eigenvalue weighted by Gasteiger charge is 2.34. The zero-order chi connectivity index (χ0) is 16.7. The fourth-order valence-corrected chi connectivity index (χ4v) is 3.53. The van der Waals surface area contributed by atoms with Crippen LogP contribution in [-0.2, 0) is 4.79 Å². The van der Waals surface area contributed by atoms with E-state index in [4.69, 9.17) is 4.74 Å². The van der Waals surface area contributed by atoms with Crippen molar-refractivity contribution in [1.29, 1.82) is 0 Å². The van der Waals surface area contributed by atoms with E-state index in [1.165, 1.54) is 0 Å². The Hall–Kier alpha value is -1.55. The summed E-state index contributed by atoms with van der Waals surface area (Å²) in [6.07, 6.45) is 6.00. The lowest BCUT2D eigenvalue weighted by Gasteiger charge is -2.40. The average molecular weight is 319 g/mol. The SMILES string of the molecule is CCCCC(c1ccccc1OCC)N1CCCCC1C(=O)O. The minimum atomic E-state index is -0.694. The van der Waals surface area contributed by atoms with Gasteiger partial charge in [0, 0.05) is 11.6 Å². The fraction of sp³-hybridized carbons (Fsp3) is 0.632. The van der Waals surface area contributed by atoms with E-state index >= 15 is 0 Å². The average Bonchev–Trinajstić information content (AvgIpc) is 2.57. The maximum Gasteiger partial charge on any atom is 0.320 e. The van der Waals surface area contributed by atoms with Crippen LogP contribution in [0, 0.1) is 0 Å². The second kappa shape index (κ2) is 8.92. The van der Waals surface area contributed by atoms with E-state index in [1.54, 1.807) is 0 Å². The number of ether oxygens (including phenoxy) is 1. The number of unbranched alkanes of at least 4 members (excludes halogenated alkanes) is 1. The van der Waals surface area contributed by atoms with Gasteiger partial charge >= 0.3 is 5.97 Å². The molecule has 4 heteroatoms. The number of piperidine rings is 1. The molecule has 1 saturated heterocycles. The maximum absolute atomic E-state index is 11.7. The number of carboxylic acids is 1. The van der Waals surface area contributed by atoms with Crippen molar-refractivity contribution in [2.45, 2.75) is 64.5 Å². The molecular weight excluding hydrogens is 290 g/mol. The van der Waals surface area contributed by atoms with Gasteiger partial charge < -0.3 is 9.84 Å². The van der Waals surface area contributed by atoms with E-state index in [-0.39, 0.29) is 12.1 Å². The van der Waals surface area contributed by atoms with Gasteiger partial charge in [-0.25, -0.2) is 0 Å². The van der Waals surface area contributed by atoms with E-state index in [2.05, 4.69) is 17.9 Å². The number of aliphatic carboxylic acids is 1. The van der Waals surface area contributed by atoms with Crippen molar-refractivity contribution >= 4 is 5.97 Å². The van der Waals surface area contributed by atoms with Gasteiger partial charge in [-0.1, -0.05) is 44.4 Å². The molecule has 1 aromatic rings. The molecule has 0 amide bonds.